The second kappa shape index (κ2) is 2.84. The number of rotatable bonds is 0. The Hall–Kier alpha value is -0.930. The third kappa shape index (κ3) is 1.11. The molecule has 0 unspecified atom stereocenters. The Balaban J connectivity index is 2.94. The molecule has 2 aromatic heterocycles. The largest absolute Gasteiger partial charge is 0.262 e. The van der Waals surface area contributed by atoms with E-state index in [-0.39, 0.29) is 0 Å². The molecule has 0 fully saturated rings. The van der Waals surface area contributed by atoms with Crippen LogP contribution in [0.2, 0.25) is 10.2 Å². The molecular formula is C7H3Cl2N3. The van der Waals surface area contributed by atoms with Gasteiger partial charge in [0.2, 0.25) is 0 Å². The van der Waals surface area contributed by atoms with Gasteiger partial charge in [0.05, 0.1) is 15.9 Å². The van der Waals surface area contributed by atoms with E-state index in [1.165, 1.54) is 12.5 Å². The molecule has 2 aromatic rings. The molecule has 0 aliphatic carbocycles. The van der Waals surface area contributed by atoms with Crippen LogP contribution in [0.25, 0.3) is 10.9 Å². The van der Waals surface area contributed by atoms with E-state index < -0.39 is 0 Å². The summed E-state index contributed by atoms with van der Waals surface area (Å²) in [5.74, 6) is 0. The molecule has 0 aliphatic heterocycles. The van der Waals surface area contributed by atoms with Crippen molar-refractivity contribution in [3.63, 3.8) is 0 Å². The fraction of sp³-hybridized carbons (Fsp3) is 0. The fourth-order valence-corrected chi connectivity index (χ4v) is 1.31. The molecule has 0 spiro atoms. The Morgan fingerprint density at radius 2 is 1.92 bits per heavy atom. The molecule has 0 aromatic carbocycles. The quantitative estimate of drug-likeness (QED) is 0.612. The first-order valence-corrected chi connectivity index (χ1v) is 3.94. The van der Waals surface area contributed by atoms with Gasteiger partial charge in [0.25, 0.3) is 0 Å². The van der Waals surface area contributed by atoms with E-state index in [9.17, 15) is 0 Å². The molecule has 0 bridgehead atoms. The van der Waals surface area contributed by atoms with Gasteiger partial charge in [-0.15, -0.1) is 0 Å². The summed E-state index contributed by atoms with van der Waals surface area (Å²) < 4.78 is 0. The normalized spacial score (nSPS) is 10.5. The highest BCUT2D eigenvalue weighted by Crippen LogP contribution is 2.23. The van der Waals surface area contributed by atoms with Crippen molar-refractivity contribution in [2.75, 3.05) is 0 Å². The monoisotopic (exact) mass is 199 g/mol. The van der Waals surface area contributed by atoms with Crippen LogP contribution in [0.3, 0.4) is 0 Å². The lowest BCUT2D eigenvalue weighted by molar-refractivity contribution is 1.21. The second-order valence-corrected chi connectivity index (χ2v) is 2.95. The highest BCUT2D eigenvalue weighted by atomic mass is 35.5. The zero-order valence-electron chi connectivity index (χ0n) is 5.83. The van der Waals surface area contributed by atoms with Gasteiger partial charge in [0.15, 0.2) is 0 Å². The summed E-state index contributed by atoms with van der Waals surface area (Å²) in [6.45, 7) is 0. The first-order chi connectivity index (χ1) is 5.79. The van der Waals surface area contributed by atoms with E-state index >= 15 is 0 Å². The van der Waals surface area contributed by atoms with Crippen LogP contribution in [0, 0.1) is 0 Å². The van der Waals surface area contributed by atoms with Gasteiger partial charge >= 0.3 is 0 Å². The van der Waals surface area contributed by atoms with Gasteiger partial charge < -0.3 is 0 Å². The van der Waals surface area contributed by atoms with Gasteiger partial charge in [-0.2, -0.15) is 0 Å². The summed E-state index contributed by atoms with van der Waals surface area (Å²) >= 11 is 11.6. The highest BCUT2D eigenvalue weighted by molar-refractivity contribution is 6.38. The van der Waals surface area contributed by atoms with Crippen molar-refractivity contribution in [3.05, 3.63) is 28.9 Å². The Bertz CT molecular complexity index is 389. The van der Waals surface area contributed by atoms with Crippen LogP contribution in [0.1, 0.15) is 0 Å². The third-order valence-electron chi connectivity index (χ3n) is 1.45. The van der Waals surface area contributed by atoms with Crippen molar-refractivity contribution < 1.29 is 0 Å². The smallest absolute Gasteiger partial charge is 0.141 e. The zero-order chi connectivity index (χ0) is 8.55. The Morgan fingerprint density at radius 1 is 1.08 bits per heavy atom. The number of hydrogen-bond acceptors (Lipinski definition) is 3. The number of pyridine rings is 1. The van der Waals surface area contributed by atoms with Gasteiger partial charge in [-0.05, 0) is 0 Å². The van der Waals surface area contributed by atoms with Crippen LogP contribution in [0.4, 0.5) is 0 Å². The van der Waals surface area contributed by atoms with Crippen LogP contribution in [0.5, 0.6) is 0 Å². The lowest BCUT2D eigenvalue weighted by atomic mass is 10.3. The van der Waals surface area contributed by atoms with Crippen LogP contribution in [-0.2, 0) is 0 Å². The van der Waals surface area contributed by atoms with Crippen molar-refractivity contribution in [3.8, 4) is 0 Å². The van der Waals surface area contributed by atoms with E-state index in [1.54, 1.807) is 6.20 Å². The Kier molecular flexibility index (Phi) is 1.83. The standard InChI is InChI=1S/C7H3Cl2N3/c8-5-2-10-1-4-6(5)11-3-12-7(4)9/h1-3H. The van der Waals surface area contributed by atoms with E-state index in [0.717, 1.165) is 0 Å². The minimum Gasteiger partial charge on any atom is -0.262 e. The lowest BCUT2D eigenvalue weighted by Gasteiger charge is -1.97. The topological polar surface area (TPSA) is 38.7 Å². The van der Waals surface area contributed by atoms with Gasteiger partial charge in [0.1, 0.15) is 11.5 Å². The average Bonchev–Trinajstić information content (AvgIpc) is 2.07. The van der Waals surface area contributed by atoms with Crippen molar-refractivity contribution in [1.82, 2.24) is 15.0 Å². The Morgan fingerprint density at radius 3 is 2.67 bits per heavy atom. The molecular weight excluding hydrogens is 197 g/mol. The van der Waals surface area contributed by atoms with Crippen LogP contribution >= 0.6 is 23.2 Å². The molecule has 2 heterocycles. The van der Waals surface area contributed by atoms with Gasteiger partial charge in [-0.1, -0.05) is 23.2 Å². The second-order valence-electron chi connectivity index (χ2n) is 2.18. The van der Waals surface area contributed by atoms with E-state index in [4.69, 9.17) is 23.2 Å². The molecule has 2 rings (SSSR count). The van der Waals surface area contributed by atoms with E-state index in [1.807, 2.05) is 0 Å². The van der Waals surface area contributed by atoms with E-state index in [2.05, 4.69) is 15.0 Å². The summed E-state index contributed by atoms with van der Waals surface area (Å²) in [7, 11) is 0. The maximum Gasteiger partial charge on any atom is 0.141 e. The summed E-state index contributed by atoms with van der Waals surface area (Å²) in [6.07, 6.45) is 4.48. The van der Waals surface area contributed by atoms with Crippen LogP contribution in [0.15, 0.2) is 18.7 Å². The predicted octanol–water partition coefficient (Wildman–Crippen LogP) is 2.33. The summed E-state index contributed by atoms with van der Waals surface area (Å²) in [5, 5.41) is 1.53. The highest BCUT2D eigenvalue weighted by Gasteiger charge is 2.03. The molecule has 60 valence electrons. The minimum absolute atomic E-state index is 0.370. The molecule has 0 atom stereocenters. The number of hydrogen-bond donors (Lipinski definition) is 0. The van der Waals surface area contributed by atoms with Gasteiger partial charge in [-0.3, -0.25) is 4.98 Å². The first-order valence-electron chi connectivity index (χ1n) is 3.19. The minimum atomic E-state index is 0.370. The average molecular weight is 200 g/mol. The number of aromatic nitrogens is 3. The van der Waals surface area contributed by atoms with Crippen molar-refractivity contribution in [2.45, 2.75) is 0 Å². The first kappa shape index (κ1) is 7.71. The molecule has 0 radical (unpaired) electrons. The SMILES string of the molecule is Clc1ncnc2c(Cl)cncc12. The molecule has 0 amide bonds. The molecule has 0 aliphatic rings. The molecule has 0 N–H and O–H groups in total. The van der Waals surface area contributed by atoms with Crippen molar-refractivity contribution in [1.29, 1.82) is 0 Å². The van der Waals surface area contributed by atoms with Crippen molar-refractivity contribution in [2.24, 2.45) is 0 Å². The van der Waals surface area contributed by atoms with Crippen molar-refractivity contribution >= 4 is 34.1 Å². The van der Waals surface area contributed by atoms with Gasteiger partial charge in [0, 0.05) is 12.4 Å². The molecule has 3 nitrogen and oxygen atoms in total. The van der Waals surface area contributed by atoms with Crippen LogP contribution < -0.4 is 0 Å². The third-order valence-corrected chi connectivity index (χ3v) is 2.03. The molecule has 5 heteroatoms. The number of fused-ring (bicyclic) bond motifs is 1. The maximum absolute atomic E-state index is 5.82. The molecule has 0 saturated carbocycles. The Labute approximate surface area is 78.4 Å². The van der Waals surface area contributed by atoms with Crippen LogP contribution in [-0.4, -0.2) is 15.0 Å². The van der Waals surface area contributed by atoms with E-state index in [0.29, 0.717) is 21.1 Å². The summed E-state index contributed by atoms with van der Waals surface area (Å²) in [4.78, 5) is 11.7. The number of halogens is 2. The lowest BCUT2D eigenvalue weighted by Crippen LogP contribution is -1.85. The number of nitrogens with zero attached hydrogens (tertiary/aromatic N) is 3. The summed E-state index contributed by atoms with van der Waals surface area (Å²) in [5.41, 5.74) is 0.631. The predicted molar refractivity (Wildman–Crippen MR) is 47.4 cm³/mol. The molecule has 0 saturated heterocycles. The zero-order valence-corrected chi connectivity index (χ0v) is 7.34. The maximum atomic E-state index is 5.82. The summed E-state index contributed by atoms with van der Waals surface area (Å²) in [6, 6.07) is 0. The fourth-order valence-electron chi connectivity index (χ4n) is 0.917. The molecule has 12 heavy (non-hydrogen) atoms. The van der Waals surface area contributed by atoms with Gasteiger partial charge in [-0.25, -0.2) is 9.97 Å².